The zero-order chi connectivity index (χ0) is 13.0. The lowest BCUT2D eigenvalue weighted by molar-refractivity contribution is 0.118. The summed E-state index contributed by atoms with van der Waals surface area (Å²) in [6.45, 7) is 6.20. The van der Waals surface area contributed by atoms with Gasteiger partial charge in [0.05, 0.1) is 7.11 Å². The highest BCUT2D eigenvalue weighted by Gasteiger charge is 2.28. The van der Waals surface area contributed by atoms with Gasteiger partial charge in [-0.05, 0) is 44.0 Å². The first-order valence-corrected chi connectivity index (χ1v) is 6.57. The second-order valence-electron chi connectivity index (χ2n) is 5.46. The van der Waals surface area contributed by atoms with Crippen LogP contribution in [0.25, 0.3) is 0 Å². The van der Waals surface area contributed by atoms with Crippen molar-refractivity contribution in [3.63, 3.8) is 0 Å². The van der Waals surface area contributed by atoms with E-state index < -0.39 is 0 Å². The number of piperidine rings is 1. The van der Waals surface area contributed by atoms with Crippen molar-refractivity contribution in [2.24, 2.45) is 11.1 Å². The number of methoxy groups -OCH3 is 1. The minimum absolute atomic E-state index is 0.329. The number of hydrogen-bond donors (Lipinski definition) is 1. The first-order chi connectivity index (χ1) is 8.67. The van der Waals surface area contributed by atoms with Crippen LogP contribution < -0.4 is 10.5 Å². The third-order valence-electron chi connectivity index (χ3n) is 3.99. The summed E-state index contributed by atoms with van der Waals surface area (Å²) in [4.78, 5) is 6.69. The Labute approximate surface area is 109 Å². The van der Waals surface area contributed by atoms with Crippen molar-refractivity contribution in [3.05, 3.63) is 23.9 Å². The lowest BCUT2D eigenvalue weighted by Gasteiger charge is -2.38. The highest BCUT2D eigenvalue weighted by atomic mass is 16.5. The average Bonchev–Trinajstić information content (AvgIpc) is 2.42. The number of nitrogens with zero attached hydrogens (tertiary/aromatic N) is 2. The molecule has 1 aliphatic rings. The molecule has 1 fully saturated rings. The molecule has 0 spiro atoms. The van der Waals surface area contributed by atoms with Gasteiger partial charge in [-0.3, -0.25) is 4.90 Å². The van der Waals surface area contributed by atoms with Crippen LogP contribution in [0, 0.1) is 5.41 Å². The minimum atomic E-state index is 0.329. The molecule has 4 nitrogen and oxygen atoms in total. The van der Waals surface area contributed by atoms with E-state index in [0.29, 0.717) is 5.41 Å². The molecule has 18 heavy (non-hydrogen) atoms. The Balaban J connectivity index is 1.95. The predicted molar refractivity (Wildman–Crippen MR) is 72.5 cm³/mol. The molecular formula is C14H23N3O. The van der Waals surface area contributed by atoms with Gasteiger partial charge in [-0.1, -0.05) is 13.0 Å². The Hall–Kier alpha value is -1.13. The zero-order valence-corrected chi connectivity index (χ0v) is 11.4. The van der Waals surface area contributed by atoms with E-state index in [1.165, 1.54) is 12.8 Å². The smallest absolute Gasteiger partial charge is 0.217 e. The van der Waals surface area contributed by atoms with E-state index in [4.69, 9.17) is 10.5 Å². The van der Waals surface area contributed by atoms with E-state index in [-0.39, 0.29) is 0 Å². The van der Waals surface area contributed by atoms with E-state index in [0.717, 1.165) is 37.6 Å². The predicted octanol–water partition coefficient (Wildman–Crippen LogP) is 1.65. The van der Waals surface area contributed by atoms with Gasteiger partial charge in [0.15, 0.2) is 0 Å². The highest BCUT2D eigenvalue weighted by Crippen LogP contribution is 2.30. The van der Waals surface area contributed by atoms with Crippen molar-refractivity contribution in [1.82, 2.24) is 9.88 Å². The zero-order valence-electron chi connectivity index (χ0n) is 11.4. The van der Waals surface area contributed by atoms with Crippen LogP contribution in [-0.2, 0) is 6.54 Å². The van der Waals surface area contributed by atoms with Gasteiger partial charge in [0, 0.05) is 18.3 Å². The van der Waals surface area contributed by atoms with Gasteiger partial charge in [0.25, 0.3) is 0 Å². The number of rotatable bonds is 4. The van der Waals surface area contributed by atoms with Crippen LogP contribution in [0.5, 0.6) is 5.88 Å². The number of pyridine rings is 1. The van der Waals surface area contributed by atoms with Gasteiger partial charge in [-0.15, -0.1) is 0 Å². The SMILES string of the molecule is COc1ncccc1CN1CCC(C)(CN)CC1. The van der Waals surface area contributed by atoms with E-state index in [1.807, 2.05) is 6.07 Å². The summed E-state index contributed by atoms with van der Waals surface area (Å²) in [5.74, 6) is 0.740. The Morgan fingerprint density at radius 1 is 1.44 bits per heavy atom. The molecule has 4 heteroatoms. The Morgan fingerprint density at radius 3 is 2.78 bits per heavy atom. The Morgan fingerprint density at radius 2 is 2.17 bits per heavy atom. The standard InChI is InChI=1S/C14H23N3O/c1-14(11-15)5-8-17(9-6-14)10-12-4-3-7-16-13(12)18-2/h3-4,7H,5-6,8-11,15H2,1-2H3. The summed E-state index contributed by atoms with van der Waals surface area (Å²) < 4.78 is 5.29. The Kier molecular flexibility index (Phi) is 4.19. The summed E-state index contributed by atoms with van der Waals surface area (Å²) in [6.07, 6.45) is 4.11. The molecule has 1 aliphatic heterocycles. The molecular weight excluding hydrogens is 226 g/mol. The van der Waals surface area contributed by atoms with Crippen LogP contribution >= 0.6 is 0 Å². The van der Waals surface area contributed by atoms with Crippen molar-refractivity contribution < 1.29 is 4.74 Å². The molecule has 0 aromatic carbocycles. The molecule has 0 saturated carbocycles. The van der Waals surface area contributed by atoms with Crippen molar-refractivity contribution in [3.8, 4) is 5.88 Å². The Bertz CT molecular complexity index is 386. The summed E-state index contributed by atoms with van der Waals surface area (Å²) >= 11 is 0. The second-order valence-corrected chi connectivity index (χ2v) is 5.46. The fourth-order valence-corrected chi connectivity index (χ4v) is 2.42. The van der Waals surface area contributed by atoms with Crippen molar-refractivity contribution in [1.29, 1.82) is 0 Å². The molecule has 1 aromatic heterocycles. The third-order valence-corrected chi connectivity index (χ3v) is 3.99. The second kappa shape index (κ2) is 5.67. The maximum absolute atomic E-state index is 5.83. The van der Waals surface area contributed by atoms with E-state index >= 15 is 0 Å². The van der Waals surface area contributed by atoms with Crippen LogP contribution in [0.1, 0.15) is 25.3 Å². The molecule has 0 radical (unpaired) electrons. The third kappa shape index (κ3) is 3.00. The molecule has 0 unspecified atom stereocenters. The molecule has 2 rings (SSSR count). The largest absolute Gasteiger partial charge is 0.481 e. The molecule has 0 bridgehead atoms. The van der Waals surface area contributed by atoms with Crippen LogP contribution in [-0.4, -0.2) is 36.6 Å². The monoisotopic (exact) mass is 249 g/mol. The van der Waals surface area contributed by atoms with Crippen LogP contribution in [0.2, 0.25) is 0 Å². The summed E-state index contributed by atoms with van der Waals surface area (Å²) in [5.41, 5.74) is 7.32. The summed E-state index contributed by atoms with van der Waals surface area (Å²) in [6, 6.07) is 4.05. The normalized spacial score (nSPS) is 19.7. The molecule has 2 heterocycles. The topological polar surface area (TPSA) is 51.4 Å². The molecule has 0 atom stereocenters. The minimum Gasteiger partial charge on any atom is -0.481 e. The number of aromatic nitrogens is 1. The number of ether oxygens (including phenoxy) is 1. The van der Waals surface area contributed by atoms with Gasteiger partial charge in [-0.25, -0.2) is 4.98 Å². The van der Waals surface area contributed by atoms with Gasteiger partial charge in [-0.2, -0.15) is 0 Å². The molecule has 2 N–H and O–H groups in total. The molecule has 1 saturated heterocycles. The molecule has 0 aliphatic carbocycles. The first kappa shape index (κ1) is 13.3. The maximum atomic E-state index is 5.83. The fraction of sp³-hybridized carbons (Fsp3) is 0.643. The van der Waals surface area contributed by atoms with Crippen LogP contribution in [0.3, 0.4) is 0 Å². The number of nitrogens with two attached hydrogens (primary N) is 1. The van der Waals surface area contributed by atoms with Gasteiger partial charge in [0.2, 0.25) is 5.88 Å². The van der Waals surface area contributed by atoms with E-state index in [2.05, 4.69) is 22.9 Å². The van der Waals surface area contributed by atoms with Crippen LogP contribution in [0.15, 0.2) is 18.3 Å². The quantitative estimate of drug-likeness (QED) is 0.881. The van der Waals surface area contributed by atoms with Crippen molar-refractivity contribution >= 4 is 0 Å². The molecule has 0 amide bonds. The van der Waals surface area contributed by atoms with Gasteiger partial charge in [0.1, 0.15) is 0 Å². The molecule has 1 aromatic rings. The van der Waals surface area contributed by atoms with Crippen molar-refractivity contribution in [2.45, 2.75) is 26.3 Å². The summed E-state index contributed by atoms with van der Waals surface area (Å²) in [7, 11) is 1.67. The lowest BCUT2D eigenvalue weighted by Crippen LogP contribution is -2.41. The number of hydrogen-bond acceptors (Lipinski definition) is 4. The first-order valence-electron chi connectivity index (χ1n) is 6.57. The van der Waals surface area contributed by atoms with Crippen molar-refractivity contribution in [2.75, 3.05) is 26.7 Å². The van der Waals surface area contributed by atoms with Crippen LogP contribution in [0.4, 0.5) is 0 Å². The van der Waals surface area contributed by atoms with Gasteiger partial charge >= 0.3 is 0 Å². The summed E-state index contributed by atoms with van der Waals surface area (Å²) in [5, 5.41) is 0. The highest BCUT2D eigenvalue weighted by molar-refractivity contribution is 5.25. The van der Waals surface area contributed by atoms with E-state index in [9.17, 15) is 0 Å². The average molecular weight is 249 g/mol. The number of likely N-dealkylation sites (tertiary alicyclic amines) is 1. The van der Waals surface area contributed by atoms with E-state index in [1.54, 1.807) is 13.3 Å². The lowest BCUT2D eigenvalue weighted by atomic mass is 9.80. The maximum Gasteiger partial charge on any atom is 0.217 e. The fourth-order valence-electron chi connectivity index (χ4n) is 2.42. The molecule has 100 valence electrons. The van der Waals surface area contributed by atoms with Gasteiger partial charge < -0.3 is 10.5 Å².